The van der Waals surface area contributed by atoms with Crippen LogP contribution in [0.15, 0.2) is 46.8 Å². The summed E-state index contributed by atoms with van der Waals surface area (Å²) in [6.07, 6.45) is 0. The fraction of sp³-hybridized carbons (Fsp3) is 0.118. The number of anilines is 1. The van der Waals surface area contributed by atoms with Gasteiger partial charge in [-0.05, 0) is 24.3 Å². The van der Waals surface area contributed by atoms with E-state index in [1.54, 1.807) is 30.3 Å². The number of nitrogens with zero attached hydrogens (tertiary/aromatic N) is 2. The zero-order chi connectivity index (χ0) is 19.4. The fourth-order valence-electron chi connectivity index (χ4n) is 2.27. The van der Waals surface area contributed by atoms with Crippen molar-refractivity contribution >= 4 is 56.5 Å². The molecule has 10 heteroatoms. The first-order chi connectivity index (χ1) is 13.0. The van der Waals surface area contributed by atoms with E-state index in [0.29, 0.717) is 25.8 Å². The summed E-state index contributed by atoms with van der Waals surface area (Å²) in [5.74, 6) is -0.338. The number of thiazole rings is 1. The number of carbonyl (C=O) groups excluding carboxylic acids is 2. The van der Waals surface area contributed by atoms with Crippen molar-refractivity contribution in [2.24, 2.45) is 0 Å². The van der Waals surface area contributed by atoms with Crippen LogP contribution in [0.1, 0.15) is 10.4 Å². The van der Waals surface area contributed by atoms with E-state index in [-0.39, 0.29) is 23.3 Å². The lowest BCUT2D eigenvalue weighted by molar-refractivity contribution is -0.384. The van der Waals surface area contributed by atoms with Gasteiger partial charge in [0.05, 0.1) is 20.9 Å². The van der Waals surface area contributed by atoms with Crippen molar-refractivity contribution < 1.29 is 14.5 Å². The van der Waals surface area contributed by atoms with E-state index < -0.39 is 4.92 Å². The summed E-state index contributed by atoms with van der Waals surface area (Å²) in [5.41, 5.74) is 1.65. The molecule has 0 aliphatic rings. The average Bonchev–Trinajstić information content (AvgIpc) is 3.08. The zero-order valence-corrected chi connectivity index (χ0v) is 15.7. The van der Waals surface area contributed by atoms with Gasteiger partial charge in [-0.25, -0.2) is 4.98 Å². The molecule has 8 nitrogen and oxygen atoms in total. The third-order valence-electron chi connectivity index (χ3n) is 3.53. The van der Waals surface area contributed by atoms with Gasteiger partial charge < -0.3 is 10.6 Å². The summed E-state index contributed by atoms with van der Waals surface area (Å²) >= 11 is 2.55. The van der Waals surface area contributed by atoms with Crippen molar-refractivity contribution in [1.29, 1.82) is 0 Å². The first kappa shape index (κ1) is 18.8. The summed E-state index contributed by atoms with van der Waals surface area (Å²) in [5, 5.41) is 16.1. The molecular formula is C17H14N4O4S2. The number of fused-ring (bicyclic) bond motifs is 1. The van der Waals surface area contributed by atoms with E-state index in [4.69, 9.17) is 0 Å². The van der Waals surface area contributed by atoms with Gasteiger partial charge in [0.25, 0.3) is 11.6 Å². The van der Waals surface area contributed by atoms with Gasteiger partial charge in [0.2, 0.25) is 5.91 Å². The van der Waals surface area contributed by atoms with Gasteiger partial charge in [-0.15, -0.1) is 11.3 Å². The summed E-state index contributed by atoms with van der Waals surface area (Å²) in [6.45, 7) is 0. The third-order valence-corrected chi connectivity index (χ3v) is 5.69. The molecule has 2 aromatic carbocycles. The van der Waals surface area contributed by atoms with Gasteiger partial charge in [-0.3, -0.25) is 19.7 Å². The van der Waals surface area contributed by atoms with Gasteiger partial charge in [-0.2, -0.15) is 0 Å². The fourth-order valence-corrected chi connectivity index (χ4v) is 4.18. The van der Waals surface area contributed by atoms with Crippen LogP contribution in [0.3, 0.4) is 0 Å². The average molecular weight is 402 g/mol. The van der Waals surface area contributed by atoms with E-state index in [2.05, 4.69) is 15.6 Å². The molecule has 1 heterocycles. The van der Waals surface area contributed by atoms with E-state index >= 15 is 0 Å². The van der Waals surface area contributed by atoms with Crippen molar-refractivity contribution in [3.63, 3.8) is 0 Å². The van der Waals surface area contributed by atoms with Gasteiger partial charge in [0.15, 0.2) is 4.34 Å². The molecule has 2 amide bonds. The minimum atomic E-state index is -0.452. The second-order valence-corrected chi connectivity index (χ2v) is 7.64. The lowest BCUT2D eigenvalue weighted by Gasteiger charge is -2.06. The Morgan fingerprint density at radius 2 is 2.07 bits per heavy atom. The number of non-ortho nitro benzene ring substituents is 1. The van der Waals surface area contributed by atoms with Crippen LogP contribution in [0.25, 0.3) is 10.2 Å². The first-order valence-corrected chi connectivity index (χ1v) is 9.56. The minimum absolute atomic E-state index is 0.0106. The van der Waals surface area contributed by atoms with Gasteiger partial charge in [-0.1, -0.05) is 17.8 Å². The molecule has 1 aromatic heterocycles. The van der Waals surface area contributed by atoms with Crippen molar-refractivity contribution in [3.8, 4) is 0 Å². The third kappa shape index (κ3) is 4.60. The Morgan fingerprint density at radius 3 is 2.81 bits per heavy atom. The second kappa shape index (κ2) is 8.14. The number of amides is 2. The maximum absolute atomic E-state index is 12.2. The lowest BCUT2D eigenvalue weighted by Crippen LogP contribution is -2.18. The number of nitrogens with one attached hydrogen (secondary N) is 2. The van der Waals surface area contributed by atoms with E-state index in [1.165, 1.54) is 42.3 Å². The highest BCUT2D eigenvalue weighted by Gasteiger charge is 2.12. The Bertz CT molecular complexity index is 1030. The molecular weight excluding hydrogens is 388 g/mol. The predicted octanol–water partition coefficient (Wildman–Crippen LogP) is 3.29. The van der Waals surface area contributed by atoms with Crippen LogP contribution >= 0.6 is 23.1 Å². The van der Waals surface area contributed by atoms with Crippen molar-refractivity contribution in [2.45, 2.75) is 4.34 Å². The van der Waals surface area contributed by atoms with Crippen LogP contribution in [-0.2, 0) is 4.79 Å². The van der Waals surface area contributed by atoms with Crippen LogP contribution in [0.2, 0.25) is 0 Å². The highest BCUT2D eigenvalue weighted by atomic mass is 32.2. The molecule has 0 radical (unpaired) electrons. The largest absolute Gasteiger partial charge is 0.355 e. The molecule has 0 atom stereocenters. The lowest BCUT2D eigenvalue weighted by atomic mass is 10.2. The van der Waals surface area contributed by atoms with Crippen LogP contribution in [0, 0.1) is 10.1 Å². The number of hydrogen-bond acceptors (Lipinski definition) is 7. The van der Waals surface area contributed by atoms with Crippen LogP contribution < -0.4 is 10.6 Å². The number of carbonyl (C=O) groups is 2. The van der Waals surface area contributed by atoms with E-state index in [0.717, 1.165) is 0 Å². The molecule has 0 spiro atoms. The van der Waals surface area contributed by atoms with Crippen molar-refractivity contribution in [3.05, 3.63) is 58.1 Å². The molecule has 0 aliphatic heterocycles. The molecule has 27 heavy (non-hydrogen) atoms. The van der Waals surface area contributed by atoms with Crippen LogP contribution in [0.4, 0.5) is 11.4 Å². The minimum Gasteiger partial charge on any atom is -0.355 e. The molecule has 0 aliphatic carbocycles. The molecule has 0 bridgehead atoms. The molecule has 0 saturated heterocycles. The Labute approximate surface area is 162 Å². The Balaban J connectivity index is 1.63. The van der Waals surface area contributed by atoms with Crippen LogP contribution in [0.5, 0.6) is 0 Å². The Kier molecular flexibility index (Phi) is 5.67. The summed E-state index contributed by atoms with van der Waals surface area (Å²) in [7, 11) is 1.54. The number of hydrogen-bond donors (Lipinski definition) is 2. The predicted molar refractivity (Wildman–Crippen MR) is 105 cm³/mol. The second-order valence-electron chi connectivity index (χ2n) is 5.39. The molecule has 3 rings (SSSR count). The maximum Gasteiger partial charge on any atom is 0.270 e. The topological polar surface area (TPSA) is 114 Å². The zero-order valence-electron chi connectivity index (χ0n) is 14.1. The van der Waals surface area contributed by atoms with Crippen molar-refractivity contribution in [2.75, 3.05) is 18.1 Å². The van der Waals surface area contributed by atoms with Gasteiger partial charge in [0.1, 0.15) is 0 Å². The number of nitro benzene ring substituents is 1. The first-order valence-electron chi connectivity index (χ1n) is 7.76. The molecule has 0 saturated carbocycles. The van der Waals surface area contributed by atoms with Gasteiger partial charge in [0, 0.05) is 30.4 Å². The normalized spacial score (nSPS) is 10.6. The Morgan fingerprint density at radius 1 is 1.26 bits per heavy atom. The van der Waals surface area contributed by atoms with E-state index in [9.17, 15) is 19.7 Å². The highest BCUT2D eigenvalue weighted by molar-refractivity contribution is 8.01. The summed E-state index contributed by atoms with van der Waals surface area (Å²) in [6, 6.07) is 11.1. The Hall–Kier alpha value is -2.98. The SMILES string of the molecule is CNC(=O)c1cccc(NC(=O)CSc2nc3ccc([N+](=O)[O-])cc3s2)c1. The van der Waals surface area contributed by atoms with E-state index in [1.807, 2.05) is 0 Å². The molecule has 138 valence electrons. The molecule has 0 fully saturated rings. The molecule has 0 unspecified atom stereocenters. The monoisotopic (exact) mass is 402 g/mol. The summed E-state index contributed by atoms with van der Waals surface area (Å²) in [4.78, 5) is 38.5. The summed E-state index contributed by atoms with van der Waals surface area (Å²) < 4.78 is 1.35. The maximum atomic E-state index is 12.2. The molecule has 3 aromatic rings. The standard InChI is InChI=1S/C17H14N4O4S2/c1-18-16(23)10-3-2-4-11(7-10)19-15(22)9-26-17-20-13-6-5-12(21(24)25)8-14(13)27-17/h2-8H,9H2,1H3,(H,18,23)(H,19,22). The number of aromatic nitrogens is 1. The number of thioether (sulfide) groups is 1. The number of benzene rings is 2. The highest BCUT2D eigenvalue weighted by Crippen LogP contribution is 2.31. The molecule has 2 N–H and O–H groups in total. The van der Waals surface area contributed by atoms with Gasteiger partial charge >= 0.3 is 0 Å². The number of nitro groups is 1. The quantitative estimate of drug-likeness (QED) is 0.371. The number of rotatable bonds is 6. The van der Waals surface area contributed by atoms with Crippen LogP contribution in [-0.4, -0.2) is 34.5 Å². The van der Waals surface area contributed by atoms with Crippen molar-refractivity contribution in [1.82, 2.24) is 10.3 Å². The smallest absolute Gasteiger partial charge is 0.270 e.